The summed E-state index contributed by atoms with van der Waals surface area (Å²) in [7, 11) is 1.75. The molecule has 0 unspecified atom stereocenters. The summed E-state index contributed by atoms with van der Waals surface area (Å²) in [5, 5.41) is 0.877. The lowest BCUT2D eigenvalue weighted by molar-refractivity contribution is 0.871. The Morgan fingerprint density at radius 3 is 2.77 bits per heavy atom. The Hall–Kier alpha value is -3.06. The third kappa shape index (κ3) is 2.97. The van der Waals surface area contributed by atoms with Crippen molar-refractivity contribution in [1.29, 1.82) is 0 Å². The van der Waals surface area contributed by atoms with Gasteiger partial charge in [-0.15, -0.1) is 0 Å². The molecule has 0 aliphatic rings. The molecule has 130 valence electrons. The van der Waals surface area contributed by atoms with E-state index in [9.17, 15) is 4.79 Å². The summed E-state index contributed by atoms with van der Waals surface area (Å²) in [6.45, 7) is 2.02. The molecular weight excluding hydrogens is 346 g/mol. The third-order valence-electron chi connectivity index (χ3n) is 4.17. The van der Waals surface area contributed by atoms with Gasteiger partial charge in [0.1, 0.15) is 11.3 Å². The Bertz CT molecular complexity index is 1130. The van der Waals surface area contributed by atoms with Crippen LogP contribution in [0, 0.1) is 6.92 Å². The fourth-order valence-corrected chi connectivity index (χ4v) is 3.43. The van der Waals surface area contributed by atoms with Crippen LogP contribution in [0.15, 0.2) is 64.8 Å². The molecule has 4 aromatic rings. The van der Waals surface area contributed by atoms with Crippen LogP contribution in [0.2, 0.25) is 0 Å². The number of hydrogen-bond donors (Lipinski definition) is 2. The molecule has 0 radical (unpaired) electrons. The highest BCUT2D eigenvalue weighted by atomic mass is 32.2. The molecule has 0 spiro atoms. The van der Waals surface area contributed by atoms with Gasteiger partial charge in [0.2, 0.25) is 0 Å². The standard InChI is InChI=1S/C19H17N5OS/c1-12-3-4-16(23-26-13-5-8-20-9-6-13)22-17(12)15-11-24(2)19(25)18-14(15)7-10-21-18/h3-11,21H,1-2H3,(H,22,23). The van der Waals surface area contributed by atoms with Crippen LogP contribution in [-0.4, -0.2) is 19.5 Å². The lowest BCUT2D eigenvalue weighted by Crippen LogP contribution is -2.16. The maximum Gasteiger partial charge on any atom is 0.274 e. The molecule has 4 rings (SSSR count). The van der Waals surface area contributed by atoms with Gasteiger partial charge in [0.05, 0.1) is 5.69 Å². The predicted molar refractivity (Wildman–Crippen MR) is 105 cm³/mol. The van der Waals surface area contributed by atoms with Crippen LogP contribution in [0.25, 0.3) is 22.2 Å². The zero-order chi connectivity index (χ0) is 18.1. The molecule has 7 heteroatoms. The molecule has 0 bridgehead atoms. The number of nitrogens with one attached hydrogen (secondary N) is 2. The Kier molecular flexibility index (Phi) is 4.22. The summed E-state index contributed by atoms with van der Waals surface area (Å²) in [6.07, 6.45) is 7.14. The molecule has 26 heavy (non-hydrogen) atoms. The van der Waals surface area contributed by atoms with Crippen LogP contribution >= 0.6 is 11.9 Å². The fraction of sp³-hybridized carbons (Fsp3) is 0.105. The van der Waals surface area contributed by atoms with Crippen molar-refractivity contribution in [1.82, 2.24) is 19.5 Å². The van der Waals surface area contributed by atoms with E-state index >= 15 is 0 Å². The fourth-order valence-electron chi connectivity index (χ4n) is 2.83. The van der Waals surface area contributed by atoms with E-state index in [0.717, 1.165) is 32.9 Å². The van der Waals surface area contributed by atoms with Gasteiger partial charge in [-0.25, -0.2) is 4.98 Å². The monoisotopic (exact) mass is 363 g/mol. The number of nitrogens with zero attached hydrogens (tertiary/aromatic N) is 3. The number of aryl methyl sites for hydroxylation is 2. The zero-order valence-corrected chi connectivity index (χ0v) is 15.2. The number of aromatic nitrogens is 4. The third-order valence-corrected chi connectivity index (χ3v) is 4.99. The molecule has 0 amide bonds. The largest absolute Gasteiger partial charge is 0.357 e. The molecule has 0 saturated carbocycles. The Labute approximate surface area is 154 Å². The van der Waals surface area contributed by atoms with Crippen molar-refractivity contribution in [2.24, 2.45) is 7.05 Å². The number of H-pyrrole nitrogens is 1. The van der Waals surface area contributed by atoms with Crippen molar-refractivity contribution in [2.75, 3.05) is 4.72 Å². The van der Waals surface area contributed by atoms with Gasteiger partial charge >= 0.3 is 0 Å². The highest BCUT2D eigenvalue weighted by molar-refractivity contribution is 8.00. The van der Waals surface area contributed by atoms with E-state index in [-0.39, 0.29) is 5.56 Å². The smallest absolute Gasteiger partial charge is 0.274 e. The summed E-state index contributed by atoms with van der Waals surface area (Å²) >= 11 is 1.48. The second kappa shape index (κ2) is 6.68. The number of anilines is 1. The SMILES string of the molecule is Cc1ccc(NSc2ccncc2)nc1-c1cn(C)c(=O)c2[nH]ccc12. The summed E-state index contributed by atoms with van der Waals surface area (Å²) in [6, 6.07) is 9.76. The van der Waals surface area contributed by atoms with Crippen LogP contribution in [-0.2, 0) is 7.05 Å². The summed E-state index contributed by atoms with van der Waals surface area (Å²) < 4.78 is 4.85. The maximum atomic E-state index is 12.3. The summed E-state index contributed by atoms with van der Waals surface area (Å²) in [4.78, 5) is 25.2. The molecule has 0 saturated heterocycles. The van der Waals surface area contributed by atoms with Crippen LogP contribution < -0.4 is 10.3 Å². The van der Waals surface area contributed by atoms with E-state index in [4.69, 9.17) is 4.98 Å². The lowest BCUT2D eigenvalue weighted by atomic mass is 10.1. The van der Waals surface area contributed by atoms with Gasteiger partial charge in [-0.05, 0) is 48.7 Å². The predicted octanol–water partition coefficient (Wildman–Crippen LogP) is 3.75. The number of rotatable bonds is 4. The van der Waals surface area contributed by atoms with Gasteiger partial charge in [-0.2, -0.15) is 0 Å². The molecule has 4 heterocycles. The minimum absolute atomic E-state index is 0.0473. The summed E-state index contributed by atoms with van der Waals surface area (Å²) in [5.41, 5.74) is 3.37. The Balaban J connectivity index is 1.74. The average molecular weight is 363 g/mol. The normalized spacial score (nSPS) is 11.0. The summed E-state index contributed by atoms with van der Waals surface area (Å²) in [5.74, 6) is 0.755. The van der Waals surface area contributed by atoms with Gasteiger partial charge in [-0.1, -0.05) is 6.07 Å². The van der Waals surface area contributed by atoms with Crippen molar-refractivity contribution >= 4 is 28.7 Å². The van der Waals surface area contributed by atoms with Crippen LogP contribution in [0.1, 0.15) is 5.56 Å². The molecule has 2 N–H and O–H groups in total. The average Bonchev–Trinajstić information content (AvgIpc) is 3.15. The highest BCUT2D eigenvalue weighted by Gasteiger charge is 2.13. The molecule has 0 fully saturated rings. The number of aromatic amines is 1. The van der Waals surface area contributed by atoms with Crippen LogP contribution in [0.5, 0.6) is 0 Å². The highest BCUT2D eigenvalue weighted by Crippen LogP contribution is 2.29. The van der Waals surface area contributed by atoms with E-state index in [1.807, 2.05) is 43.5 Å². The van der Waals surface area contributed by atoms with E-state index < -0.39 is 0 Å². The minimum atomic E-state index is -0.0473. The van der Waals surface area contributed by atoms with Crippen LogP contribution in [0.4, 0.5) is 5.82 Å². The number of hydrogen-bond acceptors (Lipinski definition) is 5. The molecule has 0 aliphatic carbocycles. The maximum absolute atomic E-state index is 12.3. The second-order valence-electron chi connectivity index (χ2n) is 5.97. The Morgan fingerprint density at radius 1 is 1.15 bits per heavy atom. The first-order chi connectivity index (χ1) is 12.6. The van der Waals surface area contributed by atoms with Crippen molar-refractivity contribution in [3.05, 3.63) is 71.0 Å². The first-order valence-corrected chi connectivity index (χ1v) is 8.93. The lowest BCUT2D eigenvalue weighted by Gasteiger charge is -2.11. The van der Waals surface area contributed by atoms with Gasteiger partial charge in [0, 0.05) is 47.7 Å². The number of fused-ring (bicyclic) bond motifs is 1. The Morgan fingerprint density at radius 2 is 1.96 bits per heavy atom. The van der Waals surface area contributed by atoms with Crippen molar-refractivity contribution in [3.8, 4) is 11.3 Å². The van der Waals surface area contributed by atoms with E-state index in [1.54, 1.807) is 30.2 Å². The van der Waals surface area contributed by atoms with Gasteiger partial charge in [0.15, 0.2) is 0 Å². The molecule has 0 aromatic carbocycles. The zero-order valence-electron chi connectivity index (χ0n) is 14.4. The molecule has 0 atom stereocenters. The molecular formula is C19H17N5OS. The molecule has 4 aromatic heterocycles. The van der Waals surface area contributed by atoms with Gasteiger partial charge < -0.3 is 14.3 Å². The second-order valence-corrected chi connectivity index (χ2v) is 6.85. The van der Waals surface area contributed by atoms with Crippen molar-refractivity contribution in [3.63, 3.8) is 0 Å². The van der Waals surface area contributed by atoms with Gasteiger partial charge in [-0.3, -0.25) is 9.78 Å². The molecule has 0 aliphatic heterocycles. The minimum Gasteiger partial charge on any atom is -0.357 e. The first-order valence-electron chi connectivity index (χ1n) is 8.11. The van der Waals surface area contributed by atoms with Gasteiger partial charge in [0.25, 0.3) is 5.56 Å². The van der Waals surface area contributed by atoms with Crippen molar-refractivity contribution < 1.29 is 0 Å². The topological polar surface area (TPSA) is 75.6 Å². The molecule has 6 nitrogen and oxygen atoms in total. The van der Waals surface area contributed by atoms with E-state index in [0.29, 0.717) is 5.52 Å². The van der Waals surface area contributed by atoms with E-state index in [1.165, 1.54) is 11.9 Å². The van der Waals surface area contributed by atoms with Crippen molar-refractivity contribution in [2.45, 2.75) is 11.8 Å². The quantitative estimate of drug-likeness (QED) is 0.540. The number of pyridine rings is 3. The van der Waals surface area contributed by atoms with Crippen LogP contribution in [0.3, 0.4) is 0 Å². The first kappa shape index (κ1) is 16.4. The van der Waals surface area contributed by atoms with E-state index in [2.05, 4.69) is 14.7 Å².